The minimum atomic E-state index is -1.36. The lowest BCUT2D eigenvalue weighted by Crippen LogP contribution is -2.60. The van der Waals surface area contributed by atoms with E-state index in [1.807, 2.05) is 69.3 Å². The summed E-state index contributed by atoms with van der Waals surface area (Å²) >= 11 is 0. The third-order valence-electron chi connectivity index (χ3n) is 10.2. The lowest BCUT2D eigenvalue weighted by molar-refractivity contribution is -0.649. The van der Waals surface area contributed by atoms with Crippen molar-refractivity contribution in [1.82, 2.24) is 31.3 Å². The first-order chi connectivity index (χ1) is 24.9. The van der Waals surface area contributed by atoms with Crippen LogP contribution in [0.4, 0.5) is 0 Å². The summed E-state index contributed by atoms with van der Waals surface area (Å²) in [5.74, 6) is -0.142. The average molecular weight is 713 g/mol. The van der Waals surface area contributed by atoms with Crippen LogP contribution in [0.1, 0.15) is 75.3 Å². The largest absolute Gasteiger partial charge is 0.389 e. The molecule has 12 nitrogen and oxygen atoms in total. The molecule has 6 atom stereocenters. The number of fused-ring (bicyclic) bond motifs is 2. The molecule has 0 bridgehead atoms. The summed E-state index contributed by atoms with van der Waals surface area (Å²) in [5.41, 5.74) is 4.26. The Morgan fingerprint density at radius 3 is 2.46 bits per heavy atom. The van der Waals surface area contributed by atoms with E-state index in [9.17, 15) is 24.4 Å². The first kappa shape index (κ1) is 38.7. The molecule has 0 spiro atoms. The van der Waals surface area contributed by atoms with E-state index in [2.05, 4.69) is 37.8 Å². The number of nitroso groups, excluding NO2 is 1. The number of carbonyl (C=O) groups excluding carboxylic acids is 3. The number of pyridine rings is 1. The molecule has 278 valence electrons. The van der Waals surface area contributed by atoms with E-state index in [1.165, 1.54) is 12.6 Å². The van der Waals surface area contributed by atoms with E-state index in [4.69, 9.17) is 0 Å². The van der Waals surface area contributed by atoms with Crippen molar-refractivity contribution in [3.05, 3.63) is 95.7 Å². The normalized spacial score (nSPS) is 20.9. The third kappa shape index (κ3) is 10.8. The number of aliphatic hydroxyl groups excluding tert-OH is 1. The number of hydrogen-bond donors (Lipinski definition) is 5. The van der Waals surface area contributed by atoms with Crippen LogP contribution in [0.25, 0.3) is 10.9 Å². The smallest absolute Gasteiger partial charge is 0.317 e. The number of Topliss-reactive ketones (excluding diaryl/α,β-unsaturated/α-hetero) is 1. The Morgan fingerprint density at radius 2 is 1.73 bits per heavy atom. The summed E-state index contributed by atoms with van der Waals surface area (Å²) in [6.07, 6.45) is 3.94. The number of carbonyl (C=O) groups is 3. The number of β-amino-alcohol motifs (C(OH)–C–C–N with tert-alkyl or cyclic N) is 1. The molecule has 12 heteroatoms. The molecule has 3 aromatic rings. The number of hydrazine groups is 1. The summed E-state index contributed by atoms with van der Waals surface area (Å²) in [6.45, 7) is 10.7. The molecule has 52 heavy (non-hydrogen) atoms. The average Bonchev–Trinajstić information content (AvgIpc) is 3.13. The van der Waals surface area contributed by atoms with Crippen molar-refractivity contribution >= 4 is 28.5 Å². The Hall–Kier alpha value is -4.52. The first-order valence-electron chi connectivity index (χ1n) is 18.4. The van der Waals surface area contributed by atoms with Crippen molar-refractivity contribution in [2.24, 2.45) is 11.8 Å². The number of nitrogens with zero attached hydrogens (tertiary/aromatic N) is 3. The van der Waals surface area contributed by atoms with Gasteiger partial charge in [-0.25, -0.2) is 4.98 Å². The molecule has 2 heterocycles. The Balaban J connectivity index is 1.37. The number of nitrogens with one attached hydrogen (secondary N) is 4. The van der Waals surface area contributed by atoms with Gasteiger partial charge in [-0.05, 0) is 69.3 Å². The number of benzene rings is 2. The predicted octanol–water partition coefficient (Wildman–Crippen LogP) is 4.03. The zero-order valence-electron chi connectivity index (χ0n) is 30.6. The highest BCUT2D eigenvalue weighted by molar-refractivity contribution is 5.95. The second-order valence-corrected chi connectivity index (χ2v) is 15.3. The minimum absolute atomic E-state index is 0.0878. The van der Waals surface area contributed by atoms with E-state index >= 15 is 0 Å². The Bertz CT molecular complexity index is 1710. The van der Waals surface area contributed by atoms with Crippen LogP contribution in [0.2, 0.25) is 0 Å². The summed E-state index contributed by atoms with van der Waals surface area (Å²) in [5, 5.41) is 21.3. The SMILES string of the molecule is C=CNC(=O)CC(NC(=O)c1ccc2ccccc2n1)[N+](=O)NC(Cc1ccccc1)C(O)CN1CC2CCCCC2CC1C(=O)CNC(C)(C)C. The van der Waals surface area contributed by atoms with Gasteiger partial charge < -0.3 is 15.7 Å². The van der Waals surface area contributed by atoms with Gasteiger partial charge in [-0.1, -0.05) is 80.4 Å². The van der Waals surface area contributed by atoms with Crippen molar-refractivity contribution < 1.29 is 24.4 Å². The lowest BCUT2D eigenvalue weighted by atomic mass is 9.72. The van der Waals surface area contributed by atoms with Gasteiger partial charge in [0, 0.05) is 30.4 Å². The Labute approximate surface area is 306 Å². The number of para-hydroxylation sites is 1. The van der Waals surface area contributed by atoms with Gasteiger partial charge in [0.15, 0.2) is 5.78 Å². The highest BCUT2D eigenvalue weighted by atomic mass is 16.3. The van der Waals surface area contributed by atoms with Gasteiger partial charge in [-0.3, -0.25) is 24.6 Å². The van der Waals surface area contributed by atoms with Gasteiger partial charge in [0.2, 0.25) is 5.91 Å². The number of amides is 2. The van der Waals surface area contributed by atoms with Crippen molar-refractivity contribution in [3.8, 4) is 0 Å². The summed E-state index contributed by atoms with van der Waals surface area (Å²) in [6, 6.07) is 19.0. The zero-order valence-corrected chi connectivity index (χ0v) is 30.6. The fourth-order valence-corrected chi connectivity index (χ4v) is 7.42. The number of aliphatic hydroxyl groups is 1. The second-order valence-electron chi connectivity index (χ2n) is 15.3. The topological polar surface area (TPSA) is 156 Å². The quantitative estimate of drug-likeness (QED) is 0.0841. The molecule has 1 aliphatic carbocycles. The third-order valence-corrected chi connectivity index (χ3v) is 10.2. The van der Waals surface area contributed by atoms with Gasteiger partial charge >= 0.3 is 6.17 Å². The molecule has 5 N–H and O–H groups in total. The van der Waals surface area contributed by atoms with Gasteiger partial charge in [-0.15, -0.1) is 5.43 Å². The molecule has 2 fully saturated rings. The molecular weight excluding hydrogens is 658 g/mol. The molecule has 1 aliphatic heterocycles. The first-order valence-corrected chi connectivity index (χ1v) is 18.4. The molecule has 2 amide bonds. The van der Waals surface area contributed by atoms with Crippen molar-refractivity contribution in [1.29, 1.82) is 0 Å². The van der Waals surface area contributed by atoms with Crippen LogP contribution < -0.4 is 21.4 Å². The van der Waals surface area contributed by atoms with Gasteiger partial charge in [0.1, 0.15) is 23.0 Å². The summed E-state index contributed by atoms with van der Waals surface area (Å²) in [7, 11) is 0. The number of rotatable bonds is 16. The van der Waals surface area contributed by atoms with Gasteiger partial charge in [0.25, 0.3) is 5.91 Å². The van der Waals surface area contributed by atoms with Crippen molar-refractivity contribution in [2.45, 2.75) is 95.6 Å². The van der Waals surface area contributed by atoms with Crippen LogP contribution in [-0.2, 0) is 16.0 Å². The maximum Gasteiger partial charge on any atom is 0.317 e. The molecule has 6 unspecified atom stereocenters. The zero-order chi connectivity index (χ0) is 37.3. The van der Waals surface area contributed by atoms with Crippen LogP contribution in [0.3, 0.4) is 0 Å². The molecule has 5 rings (SSSR count). The summed E-state index contributed by atoms with van der Waals surface area (Å²) in [4.78, 5) is 60.9. The maximum absolute atomic E-state index is 14.0. The fraction of sp³-hybridized carbons (Fsp3) is 0.500. The van der Waals surface area contributed by atoms with Crippen LogP contribution in [0, 0.1) is 16.7 Å². The molecule has 1 saturated heterocycles. The Morgan fingerprint density at radius 1 is 1.02 bits per heavy atom. The standard InChI is InChI=1S/C40H53N7O5/c1-5-41-38(50)23-37(44-39(51)32-20-19-28-15-11-12-18-31(28)43-32)47(52)45-33(21-27-13-7-6-8-14-27)36(49)26-46-25-30-17-10-9-16-29(30)22-34(46)35(48)24-42-40(2,3)4/h5-8,11-15,18-20,29-30,33-34,36-37,42,49H,1,9-10,16-17,21-26H2,2-4H3,(H2-,41,44,45,50,51,52)/p+1. The molecule has 2 aromatic carbocycles. The number of piperidine rings is 1. The molecule has 0 radical (unpaired) electrons. The van der Waals surface area contributed by atoms with Gasteiger partial charge in [-0.2, -0.15) is 0 Å². The van der Waals surface area contributed by atoms with E-state index in [-0.39, 0.29) is 42.6 Å². The monoisotopic (exact) mass is 712 g/mol. The Kier molecular flexibility index (Phi) is 13.3. The maximum atomic E-state index is 14.0. The predicted molar refractivity (Wildman–Crippen MR) is 201 cm³/mol. The van der Waals surface area contributed by atoms with E-state index in [1.54, 1.807) is 18.2 Å². The minimum Gasteiger partial charge on any atom is -0.389 e. The summed E-state index contributed by atoms with van der Waals surface area (Å²) < 4.78 is 0. The van der Waals surface area contributed by atoms with E-state index < -0.39 is 36.5 Å². The van der Waals surface area contributed by atoms with Crippen molar-refractivity contribution in [2.75, 3.05) is 19.6 Å². The number of ketones is 1. The lowest BCUT2D eigenvalue weighted by Gasteiger charge is -2.46. The van der Waals surface area contributed by atoms with Gasteiger partial charge in [0.05, 0.1) is 29.1 Å². The number of likely N-dealkylation sites (tertiary alicyclic amines) is 1. The van der Waals surface area contributed by atoms with Crippen molar-refractivity contribution in [3.63, 3.8) is 0 Å². The molecule has 2 aliphatic rings. The highest BCUT2D eigenvalue weighted by Gasteiger charge is 2.42. The second kappa shape index (κ2) is 17.8. The van der Waals surface area contributed by atoms with E-state index in [0.29, 0.717) is 28.8 Å². The fourth-order valence-electron chi connectivity index (χ4n) is 7.42. The number of hydrogen-bond acceptors (Lipinski definition) is 8. The van der Waals surface area contributed by atoms with E-state index in [0.717, 1.165) is 36.6 Å². The number of aromatic nitrogens is 1. The van der Waals surface area contributed by atoms with Crippen LogP contribution >= 0.6 is 0 Å². The van der Waals surface area contributed by atoms with Crippen LogP contribution in [-0.4, -0.2) is 87.0 Å². The van der Waals surface area contributed by atoms with Crippen LogP contribution in [0.15, 0.2) is 79.5 Å². The molecular formula is C40H54N7O5+. The molecule has 1 aromatic heterocycles. The highest BCUT2D eigenvalue weighted by Crippen LogP contribution is 2.39. The molecule has 1 saturated carbocycles. The van der Waals surface area contributed by atoms with Crippen LogP contribution in [0.5, 0.6) is 0 Å².